The van der Waals surface area contributed by atoms with Crippen molar-refractivity contribution in [2.24, 2.45) is 0 Å². The van der Waals surface area contributed by atoms with Gasteiger partial charge in [-0.05, 0) is 29.8 Å². The largest absolute Gasteiger partial charge is 0.489 e. The fourth-order valence-electron chi connectivity index (χ4n) is 3.12. The summed E-state index contributed by atoms with van der Waals surface area (Å²) in [6.45, 7) is -0.0929. The number of hydrogen-bond acceptors (Lipinski definition) is 5. The molecule has 0 saturated heterocycles. The van der Waals surface area contributed by atoms with Gasteiger partial charge in [-0.3, -0.25) is 9.78 Å². The van der Waals surface area contributed by atoms with Gasteiger partial charge in [0.05, 0.1) is 5.56 Å². The molecule has 0 unspecified atom stereocenters. The molecule has 4 aromatic rings. The van der Waals surface area contributed by atoms with Crippen molar-refractivity contribution in [1.82, 2.24) is 15.3 Å². The van der Waals surface area contributed by atoms with Crippen molar-refractivity contribution in [3.05, 3.63) is 101 Å². The number of carbonyl (C=O) groups excluding carboxylic acids is 1. The first-order valence-electron chi connectivity index (χ1n) is 10.0. The maximum atomic E-state index is 14.7. The second kappa shape index (κ2) is 10.0. The van der Waals surface area contributed by atoms with Crippen LogP contribution < -0.4 is 10.1 Å². The molecule has 0 aliphatic carbocycles. The molecule has 0 radical (unpaired) electrons. The third-order valence-electron chi connectivity index (χ3n) is 4.80. The van der Waals surface area contributed by atoms with Crippen molar-refractivity contribution in [3.8, 4) is 16.3 Å². The van der Waals surface area contributed by atoms with E-state index in [0.29, 0.717) is 0 Å². The fraction of sp³-hybridized carbons (Fsp3) is 0.125. The first-order chi connectivity index (χ1) is 16.3. The third kappa shape index (κ3) is 5.57. The smallest absolute Gasteiger partial charge is 0.416 e. The van der Waals surface area contributed by atoms with Gasteiger partial charge in [0, 0.05) is 41.5 Å². The molecule has 0 aliphatic heterocycles. The van der Waals surface area contributed by atoms with Gasteiger partial charge >= 0.3 is 6.18 Å². The van der Waals surface area contributed by atoms with Gasteiger partial charge in [0.15, 0.2) is 0 Å². The summed E-state index contributed by atoms with van der Waals surface area (Å²) in [6, 6.07) is 12.6. The second-order valence-electron chi connectivity index (χ2n) is 7.17. The van der Waals surface area contributed by atoms with Gasteiger partial charge in [-0.1, -0.05) is 24.3 Å². The molecule has 0 saturated carbocycles. The van der Waals surface area contributed by atoms with Crippen LogP contribution in [0.15, 0.2) is 72.4 Å². The minimum atomic E-state index is -4.51. The van der Waals surface area contributed by atoms with Gasteiger partial charge in [0.1, 0.15) is 28.9 Å². The topological polar surface area (TPSA) is 64.1 Å². The lowest BCUT2D eigenvalue weighted by Gasteiger charge is -2.13. The number of aromatic nitrogens is 2. The van der Waals surface area contributed by atoms with E-state index < -0.39 is 23.5 Å². The van der Waals surface area contributed by atoms with E-state index in [9.17, 15) is 22.4 Å². The Morgan fingerprint density at radius 1 is 1.09 bits per heavy atom. The maximum Gasteiger partial charge on any atom is 0.416 e. The number of thiazole rings is 1. The van der Waals surface area contributed by atoms with Crippen LogP contribution in [0.1, 0.15) is 27.2 Å². The number of amides is 1. The summed E-state index contributed by atoms with van der Waals surface area (Å²) in [5.74, 6) is -1.00. The number of alkyl halides is 3. The Kier molecular flexibility index (Phi) is 6.87. The molecule has 5 nitrogen and oxygen atoms in total. The molecule has 0 aliphatic rings. The van der Waals surface area contributed by atoms with E-state index in [1.165, 1.54) is 35.7 Å². The molecule has 34 heavy (non-hydrogen) atoms. The van der Waals surface area contributed by atoms with Gasteiger partial charge in [-0.25, -0.2) is 9.37 Å². The Morgan fingerprint density at radius 3 is 2.65 bits per heavy atom. The zero-order chi connectivity index (χ0) is 24.1. The summed E-state index contributed by atoms with van der Waals surface area (Å²) in [5.41, 5.74) is 0.267. The highest BCUT2D eigenvalue weighted by Gasteiger charge is 2.33. The minimum absolute atomic E-state index is 0.0543. The summed E-state index contributed by atoms with van der Waals surface area (Å²) in [4.78, 5) is 20.5. The highest BCUT2D eigenvalue weighted by molar-refractivity contribution is 7.13. The Bertz CT molecular complexity index is 1290. The fourth-order valence-corrected chi connectivity index (χ4v) is 3.95. The van der Waals surface area contributed by atoms with E-state index >= 15 is 0 Å². The molecule has 2 heterocycles. The molecule has 1 amide bonds. The first kappa shape index (κ1) is 23.4. The number of hydrogen-bond donors (Lipinski definition) is 1. The summed E-state index contributed by atoms with van der Waals surface area (Å²) in [6.07, 6.45) is -1.25. The number of rotatable bonds is 7. The normalized spacial score (nSPS) is 11.3. The monoisotopic (exact) mass is 487 g/mol. The number of ether oxygens (including phenoxy) is 1. The number of carbonyl (C=O) groups is 1. The number of nitrogens with zero attached hydrogens (tertiary/aromatic N) is 2. The van der Waals surface area contributed by atoms with Crippen LogP contribution in [-0.4, -0.2) is 15.9 Å². The minimum Gasteiger partial charge on any atom is -0.489 e. The SMILES string of the molecule is O=C(NCc1cccnc1)c1csc(-c2ccc(OCc3ccccc3C(F)(F)F)cc2F)n1. The lowest BCUT2D eigenvalue weighted by Crippen LogP contribution is -2.23. The van der Waals surface area contributed by atoms with Gasteiger partial charge in [-0.2, -0.15) is 13.2 Å². The highest BCUT2D eigenvalue weighted by Crippen LogP contribution is 2.33. The molecule has 2 aromatic heterocycles. The van der Waals surface area contributed by atoms with E-state index in [1.54, 1.807) is 18.5 Å². The average molecular weight is 487 g/mol. The van der Waals surface area contributed by atoms with Gasteiger partial charge in [-0.15, -0.1) is 11.3 Å². The van der Waals surface area contributed by atoms with Crippen molar-refractivity contribution >= 4 is 17.2 Å². The zero-order valence-corrected chi connectivity index (χ0v) is 18.3. The number of benzene rings is 2. The lowest BCUT2D eigenvalue weighted by atomic mass is 10.1. The predicted molar refractivity (Wildman–Crippen MR) is 119 cm³/mol. The maximum absolute atomic E-state index is 14.7. The molecular formula is C24H17F4N3O2S. The Balaban J connectivity index is 1.42. The standard InChI is InChI=1S/C24H17F4N3O2S/c25-20-10-17(33-13-16-5-1-2-6-19(16)24(26,27)28)7-8-18(20)23-31-21(14-34-23)22(32)30-12-15-4-3-9-29-11-15/h1-11,14H,12-13H2,(H,30,32). The van der Waals surface area contributed by atoms with Crippen molar-refractivity contribution in [1.29, 1.82) is 0 Å². The van der Waals surface area contributed by atoms with Gasteiger partial charge < -0.3 is 10.1 Å². The average Bonchev–Trinajstić information content (AvgIpc) is 3.31. The summed E-state index contributed by atoms with van der Waals surface area (Å²) >= 11 is 1.10. The van der Waals surface area contributed by atoms with Crippen molar-refractivity contribution in [2.75, 3.05) is 0 Å². The molecule has 0 atom stereocenters. The van der Waals surface area contributed by atoms with Crippen molar-refractivity contribution < 1.29 is 27.1 Å². The molecule has 10 heteroatoms. The molecule has 4 rings (SSSR count). The van der Waals surface area contributed by atoms with Crippen LogP contribution in [-0.2, 0) is 19.3 Å². The third-order valence-corrected chi connectivity index (χ3v) is 5.68. The number of pyridine rings is 1. The second-order valence-corrected chi connectivity index (χ2v) is 8.03. The number of nitrogens with one attached hydrogen (secondary N) is 1. The van der Waals surface area contributed by atoms with E-state index in [4.69, 9.17) is 4.74 Å². The summed E-state index contributed by atoms with van der Waals surface area (Å²) < 4.78 is 59.5. The van der Waals surface area contributed by atoms with Crippen molar-refractivity contribution in [3.63, 3.8) is 0 Å². The van der Waals surface area contributed by atoms with Crippen LogP contribution >= 0.6 is 11.3 Å². The molecule has 174 valence electrons. The van der Waals surface area contributed by atoms with Gasteiger partial charge in [0.25, 0.3) is 5.91 Å². The van der Waals surface area contributed by atoms with E-state index in [0.717, 1.165) is 29.0 Å². The quantitative estimate of drug-likeness (QED) is 0.331. The predicted octanol–water partition coefficient (Wildman–Crippen LogP) is 5.87. The molecule has 0 bridgehead atoms. The summed E-state index contributed by atoms with van der Waals surface area (Å²) in [7, 11) is 0. The Hall–Kier alpha value is -3.79. The van der Waals surface area contributed by atoms with Crippen LogP contribution in [0.2, 0.25) is 0 Å². The van der Waals surface area contributed by atoms with Gasteiger partial charge in [0.2, 0.25) is 0 Å². The van der Waals surface area contributed by atoms with Crippen LogP contribution in [0.4, 0.5) is 17.6 Å². The molecule has 2 aromatic carbocycles. The molecule has 1 N–H and O–H groups in total. The Labute approximate surface area is 196 Å². The first-order valence-corrected chi connectivity index (χ1v) is 10.9. The Morgan fingerprint density at radius 2 is 1.91 bits per heavy atom. The van der Waals surface area contributed by atoms with Crippen LogP contribution in [0.5, 0.6) is 5.75 Å². The summed E-state index contributed by atoms with van der Waals surface area (Å²) in [5, 5.41) is 4.53. The van der Waals surface area contributed by atoms with Crippen LogP contribution in [0.3, 0.4) is 0 Å². The molecule has 0 fully saturated rings. The van der Waals surface area contributed by atoms with E-state index in [1.807, 2.05) is 6.07 Å². The lowest BCUT2D eigenvalue weighted by molar-refractivity contribution is -0.138. The van der Waals surface area contributed by atoms with E-state index in [2.05, 4.69) is 15.3 Å². The number of halogens is 4. The molecular weight excluding hydrogens is 470 g/mol. The highest BCUT2D eigenvalue weighted by atomic mass is 32.1. The molecule has 0 spiro atoms. The van der Waals surface area contributed by atoms with Crippen LogP contribution in [0, 0.1) is 5.82 Å². The van der Waals surface area contributed by atoms with Crippen molar-refractivity contribution in [2.45, 2.75) is 19.3 Å². The van der Waals surface area contributed by atoms with E-state index in [-0.39, 0.29) is 40.7 Å². The zero-order valence-electron chi connectivity index (χ0n) is 17.5. The van der Waals surface area contributed by atoms with Crippen LogP contribution in [0.25, 0.3) is 10.6 Å².